The minimum absolute atomic E-state index is 0.0121. The van der Waals surface area contributed by atoms with E-state index >= 15 is 0 Å². The van der Waals surface area contributed by atoms with E-state index in [2.05, 4.69) is 20.5 Å². The zero-order valence-electron chi connectivity index (χ0n) is 11.6. The van der Waals surface area contributed by atoms with Crippen molar-refractivity contribution in [2.75, 3.05) is 0 Å². The van der Waals surface area contributed by atoms with Crippen LogP contribution in [-0.2, 0) is 4.79 Å². The Morgan fingerprint density at radius 3 is 2.50 bits per heavy atom. The molecule has 1 aromatic heterocycles. The lowest BCUT2D eigenvalue weighted by Crippen LogP contribution is -2.30. The van der Waals surface area contributed by atoms with Gasteiger partial charge in [-0.2, -0.15) is 5.10 Å². The Balaban J connectivity index is 2.12. The minimum atomic E-state index is -0.210. The highest BCUT2D eigenvalue weighted by Crippen LogP contribution is 2.19. The smallest absolute Gasteiger partial charge is 0.223 e. The van der Waals surface area contributed by atoms with Gasteiger partial charge in [-0.05, 0) is 31.2 Å². The maximum atomic E-state index is 11.7. The van der Waals surface area contributed by atoms with Crippen molar-refractivity contribution in [3.05, 3.63) is 35.1 Å². The Bertz CT molecular complexity index is 591. The average Bonchev–Trinajstić information content (AvgIpc) is 2.89. The summed E-state index contributed by atoms with van der Waals surface area (Å²) in [5.74, 6) is 1.14. The molecule has 0 aliphatic rings. The van der Waals surface area contributed by atoms with E-state index in [1.54, 1.807) is 12.1 Å². The number of hydrogen-bond acceptors (Lipinski definition) is 3. The molecule has 2 aromatic rings. The van der Waals surface area contributed by atoms with Gasteiger partial charge in [0.2, 0.25) is 5.91 Å². The van der Waals surface area contributed by atoms with Gasteiger partial charge in [-0.3, -0.25) is 9.89 Å². The Labute approximate surface area is 122 Å². The first-order valence-corrected chi connectivity index (χ1v) is 6.83. The van der Waals surface area contributed by atoms with Crippen LogP contribution in [0.1, 0.15) is 32.6 Å². The number of carbonyl (C=O) groups excluding carboxylic acids is 1. The second-order valence-corrected chi connectivity index (χ2v) is 5.37. The third kappa shape index (κ3) is 3.36. The van der Waals surface area contributed by atoms with E-state index in [0.717, 1.165) is 5.56 Å². The summed E-state index contributed by atoms with van der Waals surface area (Å²) in [5.41, 5.74) is 0.874. The fraction of sp³-hybridized carbons (Fsp3) is 0.357. The maximum absolute atomic E-state index is 11.7. The van der Waals surface area contributed by atoms with Crippen LogP contribution < -0.4 is 5.32 Å². The minimum Gasteiger partial charge on any atom is -0.346 e. The molecular weight excluding hydrogens is 276 g/mol. The van der Waals surface area contributed by atoms with Crippen LogP contribution in [0.25, 0.3) is 11.4 Å². The molecule has 20 heavy (non-hydrogen) atoms. The predicted molar refractivity (Wildman–Crippen MR) is 78.2 cm³/mol. The summed E-state index contributed by atoms with van der Waals surface area (Å²) in [5, 5.41) is 10.6. The van der Waals surface area contributed by atoms with Crippen molar-refractivity contribution >= 4 is 17.5 Å². The molecule has 106 valence electrons. The molecule has 1 unspecified atom stereocenters. The Hall–Kier alpha value is -1.88. The number of aromatic amines is 1. The third-order valence-corrected chi connectivity index (χ3v) is 3.15. The first kappa shape index (κ1) is 14.5. The zero-order chi connectivity index (χ0) is 14.7. The molecule has 1 amide bonds. The SMILES string of the molecule is CC(C)C(=O)NC(C)c1nc(-c2ccc(Cl)cc2)n[nH]1. The number of nitrogens with zero attached hydrogens (tertiary/aromatic N) is 2. The molecule has 5 nitrogen and oxygen atoms in total. The van der Waals surface area contributed by atoms with Crippen molar-refractivity contribution in [1.82, 2.24) is 20.5 Å². The molecular formula is C14H17ClN4O. The predicted octanol–water partition coefficient (Wildman–Crippen LogP) is 2.96. The molecule has 0 aliphatic carbocycles. The lowest BCUT2D eigenvalue weighted by atomic mass is 10.2. The van der Waals surface area contributed by atoms with Crippen LogP contribution in [0.5, 0.6) is 0 Å². The van der Waals surface area contributed by atoms with Crippen LogP contribution in [-0.4, -0.2) is 21.1 Å². The highest BCUT2D eigenvalue weighted by atomic mass is 35.5. The summed E-state index contributed by atoms with van der Waals surface area (Å²) in [4.78, 5) is 16.1. The van der Waals surface area contributed by atoms with Gasteiger partial charge in [-0.25, -0.2) is 4.98 Å². The van der Waals surface area contributed by atoms with Gasteiger partial charge < -0.3 is 5.32 Å². The number of halogens is 1. The molecule has 6 heteroatoms. The number of hydrogen-bond donors (Lipinski definition) is 2. The molecule has 0 saturated heterocycles. The van der Waals surface area contributed by atoms with Gasteiger partial charge in [-0.15, -0.1) is 0 Å². The summed E-state index contributed by atoms with van der Waals surface area (Å²) < 4.78 is 0. The molecule has 1 aromatic carbocycles. The van der Waals surface area contributed by atoms with Gasteiger partial charge in [0.15, 0.2) is 5.82 Å². The zero-order valence-corrected chi connectivity index (χ0v) is 12.4. The molecule has 0 spiro atoms. The number of nitrogens with one attached hydrogen (secondary N) is 2. The molecule has 2 rings (SSSR count). The second-order valence-electron chi connectivity index (χ2n) is 4.94. The summed E-state index contributed by atoms with van der Waals surface area (Å²) in [6.45, 7) is 5.57. The largest absolute Gasteiger partial charge is 0.346 e. The highest BCUT2D eigenvalue weighted by molar-refractivity contribution is 6.30. The maximum Gasteiger partial charge on any atom is 0.223 e. The molecule has 2 N–H and O–H groups in total. The van der Waals surface area contributed by atoms with Gasteiger partial charge >= 0.3 is 0 Å². The number of carbonyl (C=O) groups is 1. The standard InChI is InChI=1S/C14H17ClN4O/c1-8(2)14(20)16-9(3)12-17-13(19-18-12)10-4-6-11(15)7-5-10/h4-9H,1-3H3,(H,16,20)(H,17,18,19). The fourth-order valence-electron chi connectivity index (χ4n) is 1.64. The van der Waals surface area contributed by atoms with Crippen LogP contribution in [0, 0.1) is 5.92 Å². The molecule has 1 heterocycles. The monoisotopic (exact) mass is 292 g/mol. The van der Waals surface area contributed by atoms with E-state index in [-0.39, 0.29) is 17.9 Å². The summed E-state index contributed by atoms with van der Waals surface area (Å²) in [6, 6.07) is 7.08. The van der Waals surface area contributed by atoms with E-state index in [4.69, 9.17) is 11.6 Å². The summed E-state index contributed by atoms with van der Waals surface area (Å²) in [7, 11) is 0. The van der Waals surface area contributed by atoms with Gasteiger partial charge in [0.1, 0.15) is 5.82 Å². The topological polar surface area (TPSA) is 70.7 Å². The van der Waals surface area contributed by atoms with Gasteiger partial charge in [0.25, 0.3) is 0 Å². The van der Waals surface area contributed by atoms with Crippen LogP contribution >= 0.6 is 11.6 Å². The normalized spacial score (nSPS) is 12.4. The molecule has 0 fully saturated rings. The van der Waals surface area contributed by atoms with Gasteiger partial charge in [0.05, 0.1) is 6.04 Å². The molecule has 0 saturated carbocycles. The third-order valence-electron chi connectivity index (χ3n) is 2.90. The Morgan fingerprint density at radius 1 is 1.25 bits per heavy atom. The van der Waals surface area contributed by atoms with Gasteiger partial charge in [-0.1, -0.05) is 25.4 Å². The van der Waals surface area contributed by atoms with E-state index in [1.165, 1.54) is 0 Å². The van der Waals surface area contributed by atoms with Crippen LogP contribution in [0.15, 0.2) is 24.3 Å². The van der Waals surface area contributed by atoms with Crippen molar-refractivity contribution < 1.29 is 4.79 Å². The molecule has 1 atom stereocenters. The lowest BCUT2D eigenvalue weighted by Gasteiger charge is -2.12. The Morgan fingerprint density at radius 2 is 1.90 bits per heavy atom. The molecule has 0 radical (unpaired) electrons. The molecule has 0 aliphatic heterocycles. The highest BCUT2D eigenvalue weighted by Gasteiger charge is 2.16. The van der Waals surface area contributed by atoms with Crippen LogP contribution in [0.2, 0.25) is 5.02 Å². The summed E-state index contributed by atoms with van der Waals surface area (Å²) >= 11 is 5.85. The van der Waals surface area contributed by atoms with Crippen molar-refractivity contribution in [2.45, 2.75) is 26.8 Å². The Kier molecular flexibility index (Phi) is 4.39. The van der Waals surface area contributed by atoms with E-state index < -0.39 is 0 Å². The number of amides is 1. The van der Waals surface area contributed by atoms with Crippen LogP contribution in [0.4, 0.5) is 0 Å². The first-order valence-electron chi connectivity index (χ1n) is 6.46. The quantitative estimate of drug-likeness (QED) is 0.910. The van der Waals surface area contributed by atoms with Crippen molar-refractivity contribution in [3.8, 4) is 11.4 Å². The average molecular weight is 293 g/mol. The number of benzene rings is 1. The van der Waals surface area contributed by atoms with E-state index in [1.807, 2.05) is 32.9 Å². The lowest BCUT2D eigenvalue weighted by molar-refractivity contribution is -0.124. The molecule has 0 bridgehead atoms. The van der Waals surface area contributed by atoms with Crippen molar-refractivity contribution in [2.24, 2.45) is 5.92 Å². The van der Waals surface area contributed by atoms with Crippen molar-refractivity contribution in [1.29, 1.82) is 0 Å². The van der Waals surface area contributed by atoms with Crippen molar-refractivity contribution in [3.63, 3.8) is 0 Å². The fourth-order valence-corrected chi connectivity index (χ4v) is 1.77. The number of aromatic nitrogens is 3. The van der Waals surface area contributed by atoms with E-state index in [9.17, 15) is 4.79 Å². The van der Waals surface area contributed by atoms with Crippen LogP contribution in [0.3, 0.4) is 0 Å². The summed E-state index contributed by atoms with van der Waals surface area (Å²) in [6.07, 6.45) is 0. The second kappa shape index (κ2) is 6.05. The number of H-pyrrole nitrogens is 1. The first-order chi connectivity index (χ1) is 9.47. The number of rotatable bonds is 4. The van der Waals surface area contributed by atoms with E-state index in [0.29, 0.717) is 16.7 Å². The van der Waals surface area contributed by atoms with Gasteiger partial charge in [0, 0.05) is 16.5 Å².